The highest BCUT2D eigenvalue weighted by molar-refractivity contribution is 5.94. The second kappa shape index (κ2) is 8.19. The summed E-state index contributed by atoms with van der Waals surface area (Å²) in [6.45, 7) is 1.98. The van der Waals surface area contributed by atoms with Gasteiger partial charge in [-0.1, -0.05) is 66.7 Å². The Hall–Kier alpha value is -3.60. The Balaban J connectivity index is 1.33. The molecule has 5 heteroatoms. The van der Waals surface area contributed by atoms with Gasteiger partial charge >= 0.3 is 6.09 Å². The Bertz CT molecular complexity index is 1020. The van der Waals surface area contributed by atoms with Crippen LogP contribution in [0.2, 0.25) is 0 Å². The van der Waals surface area contributed by atoms with E-state index in [1.54, 1.807) is 0 Å². The van der Waals surface area contributed by atoms with E-state index in [-0.39, 0.29) is 25.0 Å². The molecule has 0 atom stereocenters. The molecule has 2 N–H and O–H groups in total. The second-order valence-electron chi connectivity index (χ2n) is 7.04. The second-order valence-corrected chi connectivity index (χ2v) is 7.04. The van der Waals surface area contributed by atoms with Gasteiger partial charge in [-0.15, -0.1) is 0 Å². The van der Waals surface area contributed by atoms with Crippen molar-refractivity contribution in [3.63, 3.8) is 0 Å². The molecule has 4 rings (SSSR count). The molecule has 1 aliphatic rings. The molecule has 0 bridgehead atoms. The van der Waals surface area contributed by atoms with Crippen LogP contribution in [0.25, 0.3) is 11.1 Å². The van der Waals surface area contributed by atoms with E-state index in [4.69, 9.17) is 4.74 Å². The lowest BCUT2D eigenvalue weighted by atomic mass is 9.98. The molecule has 3 aromatic rings. The Morgan fingerprint density at radius 1 is 0.862 bits per heavy atom. The normalized spacial score (nSPS) is 12.0. The summed E-state index contributed by atoms with van der Waals surface area (Å²) in [4.78, 5) is 24.2. The lowest BCUT2D eigenvalue weighted by Crippen LogP contribution is -2.34. The molecular weight excluding hydrogens is 364 g/mol. The Morgan fingerprint density at radius 2 is 1.45 bits per heavy atom. The van der Waals surface area contributed by atoms with Crippen molar-refractivity contribution in [3.05, 3.63) is 89.5 Å². The van der Waals surface area contributed by atoms with Crippen molar-refractivity contribution in [3.8, 4) is 11.1 Å². The molecule has 0 aromatic heterocycles. The van der Waals surface area contributed by atoms with Gasteiger partial charge < -0.3 is 15.4 Å². The summed E-state index contributed by atoms with van der Waals surface area (Å²) < 4.78 is 5.43. The predicted octanol–water partition coefficient (Wildman–Crippen LogP) is 4.47. The first-order valence-electron chi connectivity index (χ1n) is 9.58. The Labute approximate surface area is 169 Å². The maximum Gasteiger partial charge on any atom is 0.407 e. The van der Waals surface area contributed by atoms with Gasteiger partial charge in [0, 0.05) is 11.6 Å². The van der Waals surface area contributed by atoms with Crippen LogP contribution in [0.15, 0.2) is 72.8 Å². The molecule has 0 fully saturated rings. The van der Waals surface area contributed by atoms with Crippen molar-refractivity contribution in [2.45, 2.75) is 12.8 Å². The number of carbonyl (C=O) groups is 2. The van der Waals surface area contributed by atoms with Crippen molar-refractivity contribution in [1.82, 2.24) is 5.32 Å². The quantitative estimate of drug-likeness (QED) is 0.680. The number of alkyl carbamates (subject to hydrolysis) is 1. The van der Waals surface area contributed by atoms with Crippen molar-refractivity contribution >= 4 is 17.7 Å². The number of amides is 2. The zero-order valence-corrected chi connectivity index (χ0v) is 16.1. The first-order valence-corrected chi connectivity index (χ1v) is 9.58. The number of aryl methyl sites for hydroxylation is 1. The third kappa shape index (κ3) is 3.99. The van der Waals surface area contributed by atoms with E-state index in [9.17, 15) is 9.59 Å². The molecule has 146 valence electrons. The van der Waals surface area contributed by atoms with Crippen molar-refractivity contribution in [2.24, 2.45) is 0 Å². The number of carbonyl (C=O) groups excluding carboxylic acids is 2. The number of para-hydroxylation sites is 1. The predicted molar refractivity (Wildman–Crippen MR) is 113 cm³/mol. The van der Waals surface area contributed by atoms with Crippen LogP contribution in [0, 0.1) is 6.92 Å². The first-order chi connectivity index (χ1) is 14.1. The standard InChI is InChI=1S/C24H22N2O3/c1-16-8-2-7-13-22(16)26-23(27)14-25-24(28)29-15-21-19-11-5-3-9-17(19)18-10-4-6-12-20(18)21/h2-13,21H,14-15H2,1H3,(H,25,28)(H,26,27). The molecule has 0 saturated carbocycles. The van der Waals surface area contributed by atoms with E-state index in [0.29, 0.717) is 0 Å². The van der Waals surface area contributed by atoms with Crippen LogP contribution in [0.1, 0.15) is 22.6 Å². The van der Waals surface area contributed by atoms with E-state index >= 15 is 0 Å². The topological polar surface area (TPSA) is 67.4 Å². The summed E-state index contributed by atoms with van der Waals surface area (Å²) in [5.74, 6) is -0.304. The third-order valence-corrected chi connectivity index (χ3v) is 5.16. The summed E-state index contributed by atoms with van der Waals surface area (Å²) in [5.41, 5.74) is 6.34. The molecule has 1 aliphatic carbocycles. The van der Waals surface area contributed by atoms with Gasteiger partial charge in [-0.05, 0) is 40.8 Å². The molecule has 0 radical (unpaired) electrons. The number of anilines is 1. The van der Waals surface area contributed by atoms with E-state index < -0.39 is 6.09 Å². The highest BCUT2D eigenvalue weighted by Crippen LogP contribution is 2.44. The summed E-state index contributed by atoms with van der Waals surface area (Å²) in [6.07, 6.45) is -0.605. The molecule has 0 heterocycles. The third-order valence-electron chi connectivity index (χ3n) is 5.16. The Kier molecular flexibility index (Phi) is 5.29. The largest absolute Gasteiger partial charge is 0.449 e. The minimum Gasteiger partial charge on any atom is -0.449 e. The zero-order chi connectivity index (χ0) is 20.2. The molecule has 0 saturated heterocycles. The molecule has 29 heavy (non-hydrogen) atoms. The maximum absolute atomic E-state index is 12.1. The van der Waals surface area contributed by atoms with Gasteiger partial charge in [-0.25, -0.2) is 4.79 Å². The van der Waals surface area contributed by atoms with Crippen LogP contribution >= 0.6 is 0 Å². The van der Waals surface area contributed by atoms with Crippen LogP contribution in [0.3, 0.4) is 0 Å². The molecule has 2 amide bonds. The number of nitrogens with one attached hydrogen (secondary N) is 2. The maximum atomic E-state index is 12.1. The van der Waals surface area contributed by atoms with Gasteiger partial charge in [0.1, 0.15) is 13.2 Å². The molecule has 5 nitrogen and oxygen atoms in total. The fraction of sp³-hybridized carbons (Fsp3) is 0.167. The highest BCUT2D eigenvalue weighted by atomic mass is 16.5. The van der Waals surface area contributed by atoms with E-state index in [0.717, 1.165) is 22.4 Å². The average molecular weight is 386 g/mol. The summed E-state index contributed by atoms with van der Waals surface area (Å²) in [5, 5.41) is 5.30. The van der Waals surface area contributed by atoms with Gasteiger partial charge in [0.05, 0.1) is 0 Å². The number of hydrogen-bond donors (Lipinski definition) is 2. The number of hydrogen-bond acceptors (Lipinski definition) is 3. The monoisotopic (exact) mass is 386 g/mol. The number of rotatable bonds is 5. The SMILES string of the molecule is Cc1ccccc1NC(=O)CNC(=O)OCC1c2ccccc2-c2ccccc21. The minimum absolute atomic E-state index is 0.00561. The Morgan fingerprint density at radius 3 is 2.10 bits per heavy atom. The molecule has 0 spiro atoms. The molecule has 0 unspecified atom stereocenters. The lowest BCUT2D eigenvalue weighted by Gasteiger charge is -2.14. The van der Waals surface area contributed by atoms with Gasteiger partial charge in [0.25, 0.3) is 0 Å². The van der Waals surface area contributed by atoms with Crippen LogP contribution < -0.4 is 10.6 Å². The molecular formula is C24H22N2O3. The van der Waals surface area contributed by atoms with Crippen LogP contribution in [-0.4, -0.2) is 25.2 Å². The van der Waals surface area contributed by atoms with Gasteiger partial charge in [-0.3, -0.25) is 4.79 Å². The molecule has 0 aliphatic heterocycles. The highest BCUT2D eigenvalue weighted by Gasteiger charge is 2.28. The number of benzene rings is 3. The fourth-order valence-electron chi connectivity index (χ4n) is 3.71. The zero-order valence-electron chi connectivity index (χ0n) is 16.1. The van der Waals surface area contributed by atoms with E-state index in [1.807, 2.05) is 55.5 Å². The fourth-order valence-corrected chi connectivity index (χ4v) is 3.71. The number of ether oxygens (including phenoxy) is 1. The lowest BCUT2D eigenvalue weighted by molar-refractivity contribution is -0.115. The number of fused-ring (bicyclic) bond motifs is 3. The smallest absolute Gasteiger partial charge is 0.407 e. The summed E-state index contributed by atoms with van der Waals surface area (Å²) in [6, 6.07) is 23.8. The summed E-state index contributed by atoms with van der Waals surface area (Å²) >= 11 is 0. The van der Waals surface area contributed by atoms with Crippen molar-refractivity contribution in [1.29, 1.82) is 0 Å². The van der Waals surface area contributed by atoms with Gasteiger partial charge in [0.2, 0.25) is 5.91 Å². The van der Waals surface area contributed by atoms with Gasteiger partial charge in [-0.2, -0.15) is 0 Å². The average Bonchev–Trinajstić information content (AvgIpc) is 3.06. The minimum atomic E-state index is -0.605. The molecule has 3 aromatic carbocycles. The summed E-state index contributed by atoms with van der Waals surface area (Å²) in [7, 11) is 0. The first kappa shape index (κ1) is 18.7. The van der Waals surface area contributed by atoms with Gasteiger partial charge in [0.15, 0.2) is 0 Å². The van der Waals surface area contributed by atoms with Crippen LogP contribution in [-0.2, 0) is 9.53 Å². The van der Waals surface area contributed by atoms with Crippen molar-refractivity contribution < 1.29 is 14.3 Å². The van der Waals surface area contributed by atoms with E-state index in [1.165, 1.54) is 11.1 Å². The van der Waals surface area contributed by atoms with Crippen LogP contribution in [0.5, 0.6) is 0 Å². The van der Waals surface area contributed by atoms with Crippen molar-refractivity contribution in [2.75, 3.05) is 18.5 Å². The van der Waals surface area contributed by atoms with E-state index in [2.05, 4.69) is 34.9 Å². The van der Waals surface area contributed by atoms with Crippen LogP contribution in [0.4, 0.5) is 10.5 Å².